The van der Waals surface area contributed by atoms with Crippen LogP contribution in [0, 0.1) is 0 Å². The van der Waals surface area contributed by atoms with Crippen molar-refractivity contribution in [2.24, 2.45) is 0 Å². The van der Waals surface area contributed by atoms with E-state index in [1.54, 1.807) is 0 Å². The molecule has 0 saturated heterocycles. The first-order chi connectivity index (χ1) is 10.9. The Labute approximate surface area is 126 Å². The number of hydrogen-bond donors (Lipinski definition) is 1. The van der Waals surface area contributed by atoms with Crippen molar-refractivity contribution in [1.29, 1.82) is 0 Å². The van der Waals surface area contributed by atoms with Crippen molar-refractivity contribution in [1.82, 2.24) is 0 Å². The van der Waals surface area contributed by atoms with E-state index in [1.165, 1.54) is 18.2 Å². The molecule has 2 aromatic carbocycles. The van der Waals surface area contributed by atoms with E-state index in [2.05, 4.69) is 0 Å². The molecule has 0 radical (unpaired) electrons. The first kappa shape index (κ1) is 13.3. The van der Waals surface area contributed by atoms with Crippen LogP contribution < -0.4 is 21.7 Å². The highest BCUT2D eigenvalue weighted by molar-refractivity contribution is 6.12. The fourth-order valence-corrected chi connectivity index (χ4v) is 3.08. The summed E-state index contributed by atoms with van der Waals surface area (Å²) < 4.78 is 0. The van der Waals surface area contributed by atoms with Gasteiger partial charge in [-0.3, -0.25) is 19.2 Å². The average Bonchev–Trinajstić information content (AvgIpc) is 2.55. The van der Waals surface area contributed by atoms with Gasteiger partial charge >= 0.3 is 5.97 Å². The van der Waals surface area contributed by atoms with E-state index in [4.69, 9.17) is 5.11 Å². The summed E-state index contributed by atoms with van der Waals surface area (Å²) >= 11 is 0. The fraction of sp³-hybridized carbons (Fsp3) is 0. The molecule has 2 aliphatic carbocycles. The molecule has 0 amide bonds. The smallest absolute Gasteiger partial charge is 0.335 e. The van der Waals surface area contributed by atoms with Crippen LogP contribution in [0.5, 0.6) is 0 Å². The Morgan fingerprint density at radius 1 is 0.696 bits per heavy atom. The first-order valence-corrected chi connectivity index (χ1v) is 6.64. The summed E-state index contributed by atoms with van der Waals surface area (Å²) in [5.74, 6) is -1.35. The number of carboxylic acid groups (broad SMARTS) is 1. The van der Waals surface area contributed by atoms with Crippen LogP contribution in [-0.2, 0) is 0 Å². The number of hydrogen-bond acceptors (Lipinski definition) is 5. The van der Waals surface area contributed by atoms with E-state index < -0.39 is 27.7 Å². The van der Waals surface area contributed by atoms with Crippen molar-refractivity contribution >= 4 is 27.5 Å². The Morgan fingerprint density at radius 2 is 1.09 bits per heavy atom. The lowest BCUT2D eigenvalue weighted by Gasteiger charge is -2.14. The minimum atomic E-state index is -1.35. The molecule has 0 bridgehead atoms. The van der Waals surface area contributed by atoms with Gasteiger partial charge in [0.15, 0.2) is 0 Å². The van der Waals surface area contributed by atoms with Gasteiger partial charge in [-0.1, -0.05) is 18.2 Å². The van der Waals surface area contributed by atoms with Crippen LogP contribution in [-0.4, -0.2) is 11.1 Å². The predicted molar refractivity (Wildman–Crippen MR) is 83.7 cm³/mol. The maximum absolute atomic E-state index is 12.3. The van der Waals surface area contributed by atoms with E-state index in [0.29, 0.717) is 0 Å². The SMILES string of the molecule is O=C(O)c1cc2c3c(c1)c(=O)c(=O)c1cccc(c1-3)c(=O)c2=O. The van der Waals surface area contributed by atoms with E-state index in [1.807, 2.05) is 0 Å². The van der Waals surface area contributed by atoms with Gasteiger partial charge in [0.2, 0.25) is 21.7 Å². The monoisotopic (exact) mass is 306 g/mol. The molecule has 0 aliphatic heterocycles. The Kier molecular flexibility index (Phi) is 2.35. The highest BCUT2D eigenvalue weighted by Gasteiger charge is 2.25. The summed E-state index contributed by atoms with van der Waals surface area (Å²) in [6.45, 7) is 0. The summed E-state index contributed by atoms with van der Waals surface area (Å²) in [6, 6.07) is 6.42. The second-order valence-corrected chi connectivity index (χ2v) is 5.30. The molecule has 0 spiro atoms. The molecule has 2 aromatic rings. The molecule has 0 fully saturated rings. The van der Waals surface area contributed by atoms with Gasteiger partial charge in [0.25, 0.3) is 0 Å². The third-order valence-corrected chi connectivity index (χ3v) is 4.09. The molecule has 1 N–H and O–H groups in total. The molecular weight excluding hydrogens is 300 g/mol. The highest BCUT2D eigenvalue weighted by Crippen LogP contribution is 2.34. The Morgan fingerprint density at radius 3 is 1.52 bits per heavy atom. The largest absolute Gasteiger partial charge is 0.478 e. The zero-order valence-electron chi connectivity index (χ0n) is 11.4. The van der Waals surface area contributed by atoms with Crippen molar-refractivity contribution in [2.75, 3.05) is 0 Å². The van der Waals surface area contributed by atoms with Crippen LogP contribution in [0.25, 0.3) is 32.7 Å². The topological polar surface area (TPSA) is 106 Å². The van der Waals surface area contributed by atoms with Crippen molar-refractivity contribution in [3.05, 3.63) is 76.8 Å². The van der Waals surface area contributed by atoms with Gasteiger partial charge in [-0.05, 0) is 12.1 Å². The predicted octanol–water partition coefficient (Wildman–Crippen LogP) is 0.550. The summed E-state index contributed by atoms with van der Waals surface area (Å²) in [4.78, 5) is 60.3. The molecule has 0 aromatic heterocycles. The van der Waals surface area contributed by atoms with Crippen LogP contribution in [0.15, 0.2) is 49.5 Å². The molecule has 4 rings (SSSR count). The Balaban J connectivity index is 2.54. The normalized spacial score (nSPS) is 11.7. The van der Waals surface area contributed by atoms with Gasteiger partial charge in [0.1, 0.15) is 0 Å². The fourth-order valence-electron chi connectivity index (χ4n) is 3.08. The maximum Gasteiger partial charge on any atom is 0.335 e. The molecule has 6 heteroatoms. The number of benzene rings is 4. The lowest BCUT2D eigenvalue weighted by molar-refractivity contribution is 0.0697. The summed E-state index contributed by atoms with van der Waals surface area (Å²) in [7, 11) is 0. The van der Waals surface area contributed by atoms with Crippen LogP contribution in [0.3, 0.4) is 0 Å². The van der Waals surface area contributed by atoms with Gasteiger partial charge < -0.3 is 5.11 Å². The second kappa shape index (κ2) is 4.07. The van der Waals surface area contributed by atoms with Crippen molar-refractivity contribution in [3.63, 3.8) is 0 Å². The lowest BCUT2D eigenvalue weighted by Crippen LogP contribution is -2.31. The molecule has 0 heterocycles. The average molecular weight is 306 g/mol. The molecule has 2 aliphatic rings. The Hall–Kier alpha value is -3.41. The number of carboxylic acids is 1. The minimum Gasteiger partial charge on any atom is -0.478 e. The van der Waals surface area contributed by atoms with E-state index in [9.17, 15) is 24.0 Å². The lowest BCUT2D eigenvalue weighted by atomic mass is 9.86. The minimum absolute atomic E-state index is 0.0603. The van der Waals surface area contributed by atoms with Gasteiger partial charge in [0, 0.05) is 32.7 Å². The summed E-state index contributed by atoms with van der Waals surface area (Å²) in [6.07, 6.45) is 0. The Bertz CT molecular complexity index is 1220. The maximum atomic E-state index is 12.3. The third kappa shape index (κ3) is 1.49. The summed E-state index contributed by atoms with van der Waals surface area (Å²) in [5, 5.41) is 8.95. The summed E-state index contributed by atoms with van der Waals surface area (Å²) in [5.41, 5.74) is -3.29. The first-order valence-electron chi connectivity index (χ1n) is 6.64. The van der Waals surface area contributed by atoms with Gasteiger partial charge in [0.05, 0.1) is 5.56 Å². The van der Waals surface area contributed by atoms with Gasteiger partial charge in [-0.15, -0.1) is 0 Å². The second-order valence-electron chi connectivity index (χ2n) is 5.30. The standard InChI is InChI=1S/C17H6O6/c18-13-7-2-1-3-8-11(7)12-9(15(13)20)4-6(17(22)23)5-10(12)16(21)14(8)19/h1-5H,(H,22,23). The van der Waals surface area contributed by atoms with Gasteiger partial charge in [-0.2, -0.15) is 0 Å². The quantitative estimate of drug-likeness (QED) is 0.406. The van der Waals surface area contributed by atoms with Gasteiger partial charge in [-0.25, -0.2) is 4.79 Å². The zero-order chi connectivity index (χ0) is 16.5. The molecule has 0 saturated carbocycles. The third-order valence-electron chi connectivity index (χ3n) is 4.09. The van der Waals surface area contributed by atoms with E-state index in [0.717, 1.165) is 12.1 Å². The highest BCUT2D eigenvalue weighted by atomic mass is 16.4. The molecule has 0 atom stereocenters. The van der Waals surface area contributed by atoms with Crippen molar-refractivity contribution < 1.29 is 9.90 Å². The molecule has 110 valence electrons. The molecule has 23 heavy (non-hydrogen) atoms. The zero-order valence-corrected chi connectivity index (χ0v) is 11.4. The molecule has 6 nitrogen and oxygen atoms in total. The van der Waals surface area contributed by atoms with Crippen LogP contribution in [0.4, 0.5) is 0 Å². The van der Waals surface area contributed by atoms with Crippen molar-refractivity contribution in [2.45, 2.75) is 0 Å². The van der Waals surface area contributed by atoms with Crippen LogP contribution in [0.2, 0.25) is 0 Å². The van der Waals surface area contributed by atoms with Crippen molar-refractivity contribution in [3.8, 4) is 11.1 Å². The number of rotatable bonds is 1. The van der Waals surface area contributed by atoms with E-state index in [-0.39, 0.29) is 38.2 Å². The molecule has 0 unspecified atom stereocenters. The van der Waals surface area contributed by atoms with Crippen LogP contribution >= 0.6 is 0 Å². The molecular formula is C17H6O6. The number of aromatic carboxylic acids is 1. The number of carbonyl (C=O) groups is 1. The van der Waals surface area contributed by atoms with Crippen LogP contribution in [0.1, 0.15) is 10.4 Å². The van der Waals surface area contributed by atoms with E-state index >= 15 is 0 Å².